The van der Waals surface area contributed by atoms with Crippen LogP contribution in [0.2, 0.25) is 0 Å². The molecule has 2 rings (SSSR count). The Labute approximate surface area is 139 Å². The minimum atomic E-state index is -0.693. The minimum absolute atomic E-state index is 0.325. The number of rotatable bonds is 5. The number of benzene rings is 1. The molecule has 1 aromatic heterocycles. The lowest BCUT2D eigenvalue weighted by Crippen LogP contribution is -2.30. The van der Waals surface area contributed by atoms with Crippen LogP contribution in [-0.2, 0) is 4.79 Å². The van der Waals surface area contributed by atoms with Crippen LogP contribution in [0.5, 0.6) is 5.75 Å². The van der Waals surface area contributed by atoms with E-state index in [2.05, 4.69) is 5.32 Å². The van der Waals surface area contributed by atoms with E-state index in [-0.39, 0.29) is 5.91 Å². The average Bonchev–Trinajstić information content (AvgIpc) is 2.76. The Morgan fingerprint density at radius 3 is 2.35 bits per heavy atom. The quantitative estimate of drug-likeness (QED) is 0.882. The van der Waals surface area contributed by atoms with Crippen molar-refractivity contribution < 1.29 is 14.3 Å². The van der Waals surface area contributed by atoms with Crippen molar-refractivity contribution in [1.29, 1.82) is 0 Å². The normalized spacial score (nSPS) is 11.8. The maximum atomic E-state index is 12.3. The van der Waals surface area contributed by atoms with E-state index in [0.717, 1.165) is 16.0 Å². The monoisotopic (exact) mass is 332 g/mol. The summed E-state index contributed by atoms with van der Waals surface area (Å²) in [6, 6.07) is 7.45. The third-order valence-corrected chi connectivity index (χ3v) is 4.69. The number of nitrogens with one attached hydrogen (secondary N) is 1. The van der Waals surface area contributed by atoms with E-state index in [1.807, 2.05) is 45.0 Å². The summed E-state index contributed by atoms with van der Waals surface area (Å²) in [7, 11) is 0. The third kappa shape index (κ3) is 3.90. The Bertz CT molecular complexity index is 735. The van der Waals surface area contributed by atoms with Crippen LogP contribution < -0.4 is 15.8 Å². The molecule has 0 spiro atoms. The van der Waals surface area contributed by atoms with E-state index in [4.69, 9.17) is 10.5 Å². The van der Waals surface area contributed by atoms with E-state index in [1.165, 1.54) is 11.3 Å². The lowest BCUT2D eigenvalue weighted by Gasteiger charge is -2.14. The molecule has 0 saturated heterocycles. The summed E-state index contributed by atoms with van der Waals surface area (Å²) in [4.78, 5) is 24.8. The standard InChI is InChI=1S/C17H20N2O3S/c1-9-5-7-13(8-6-9)22-11(3)16(21)19-17-14(15(18)20)10(2)12(4)23-17/h5-8,11H,1-4H3,(H2,18,20)(H,19,21)/t11-/m0/s1. The molecule has 23 heavy (non-hydrogen) atoms. The molecule has 1 atom stereocenters. The van der Waals surface area contributed by atoms with Crippen LogP contribution in [-0.4, -0.2) is 17.9 Å². The second-order valence-electron chi connectivity index (χ2n) is 5.41. The molecule has 6 heteroatoms. The number of amides is 2. The molecular formula is C17H20N2O3S. The predicted molar refractivity (Wildman–Crippen MR) is 92.2 cm³/mol. The van der Waals surface area contributed by atoms with Gasteiger partial charge >= 0.3 is 0 Å². The van der Waals surface area contributed by atoms with E-state index < -0.39 is 12.0 Å². The summed E-state index contributed by atoms with van der Waals surface area (Å²) < 4.78 is 5.62. The van der Waals surface area contributed by atoms with Crippen molar-refractivity contribution in [1.82, 2.24) is 0 Å². The molecule has 0 aliphatic carbocycles. The van der Waals surface area contributed by atoms with Crippen LogP contribution in [0.3, 0.4) is 0 Å². The molecule has 1 aromatic carbocycles. The first-order chi connectivity index (χ1) is 10.8. The molecule has 5 nitrogen and oxygen atoms in total. The highest BCUT2D eigenvalue weighted by Crippen LogP contribution is 2.32. The van der Waals surface area contributed by atoms with Crippen LogP contribution in [0.25, 0.3) is 0 Å². The highest BCUT2D eigenvalue weighted by atomic mass is 32.1. The van der Waals surface area contributed by atoms with Gasteiger partial charge < -0.3 is 15.8 Å². The Morgan fingerprint density at radius 2 is 1.78 bits per heavy atom. The summed E-state index contributed by atoms with van der Waals surface area (Å²) in [5, 5.41) is 3.21. The van der Waals surface area contributed by atoms with Gasteiger partial charge in [0.2, 0.25) is 0 Å². The molecule has 0 unspecified atom stereocenters. The summed E-state index contributed by atoms with van der Waals surface area (Å²) >= 11 is 1.33. The molecule has 2 aromatic rings. The summed E-state index contributed by atoms with van der Waals surface area (Å²) in [5.41, 5.74) is 7.68. The molecular weight excluding hydrogens is 312 g/mol. The maximum Gasteiger partial charge on any atom is 0.265 e. The molecule has 0 aliphatic rings. The van der Waals surface area contributed by atoms with Gasteiger partial charge in [-0.25, -0.2) is 0 Å². The van der Waals surface area contributed by atoms with Crippen LogP contribution in [0.4, 0.5) is 5.00 Å². The zero-order valence-electron chi connectivity index (χ0n) is 13.6. The van der Waals surface area contributed by atoms with Crippen molar-refractivity contribution in [3.05, 3.63) is 45.8 Å². The van der Waals surface area contributed by atoms with E-state index in [9.17, 15) is 9.59 Å². The zero-order valence-corrected chi connectivity index (χ0v) is 14.4. The number of primary amides is 1. The highest BCUT2D eigenvalue weighted by molar-refractivity contribution is 7.16. The number of carbonyl (C=O) groups is 2. The number of carbonyl (C=O) groups excluding carboxylic acids is 2. The summed E-state index contributed by atoms with van der Waals surface area (Å²) in [6.07, 6.45) is -0.693. The van der Waals surface area contributed by atoms with Gasteiger partial charge in [-0.15, -0.1) is 11.3 Å². The molecule has 0 saturated carbocycles. The van der Waals surface area contributed by atoms with Crippen molar-refractivity contribution in [2.45, 2.75) is 33.8 Å². The van der Waals surface area contributed by atoms with Gasteiger partial charge in [-0.2, -0.15) is 0 Å². The van der Waals surface area contributed by atoms with Gasteiger partial charge in [0.25, 0.3) is 11.8 Å². The summed E-state index contributed by atoms with van der Waals surface area (Å²) in [5.74, 6) is -0.254. The minimum Gasteiger partial charge on any atom is -0.481 e. The second-order valence-corrected chi connectivity index (χ2v) is 6.64. The Morgan fingerprint density at radius 1 is 1.17 bits per heavy atom. The number of ether oxygens (including phenoxy) is 1. The van der Waals surface area contributed by atoms with Gasteiger partial charge in [-0.1, -0.05) is 17.7 Å². The van der Waals surface area contributed by atoms with E-state index in [0.29, 0.717) is 16.3 Å². The van der Waals surface area contributed by atoms with Crippen molar-refractivity contribution in [2.24, 2.45) is 5.73 Å². The van der Waals surface area contributed by atoms with Crippen molar-refractivity contribution in [2.75, 3.05) is 5.32 Å². The maximum absolute atomic E-state index is 12.3. The fraction of sp³-hybridized carbons (Fsp3) is 0.294. The first-order valence-corrected chi connectivity index (χ1v) is 8.05. The van der Waals surface area contributed by atoms with Crippen molar-refractivity contribution in [3.63, 3.8) is 0 Å². The lowest BCUT2D eigenvalue weighted by atomic mass is 10.1. The molecule has 1 heterocycles. The van der Waals surface area contributed by atoms with Crippen LogP contribution in [0, 0.1) is 20.8 Å². The summed E-state index contributed by atoms with van der Waals surface area (Å²) in [6.45, 7) is 7.33. The number of hydrogen-bond acceptors (Lipinski definition) is 4. The topological polar surface area (TPSA) is 81.4 Å². The molecule has 2 amide bonds. The highest BCUT2D eigenvalue weighted by Gasteiger charge is 2.22. The van der Waals surface area contributed by atoms with E-state index >= 15 is 0 Å². The molecule has 0 bridgehead atoms. The fourth-order valence-corrected chi connectivity index (χ4v) is 3.17. The number of nitrogens with two attached hydrogens (primary N) is 1. The largest absolute Gasteiger partial charge is 0.481 e. The predicted octanol–water partition coefficient (Wildman–Crippen LogP) is 3.18. The fourth-order valence-electron chi connectivity index (χ4n) is 2.10. The molecule has 122 valence electrons. The third-order valence-electron chi connectivity index (χ3n) is 3.57. The molecule has 3 N–H and O–H groups in total. The van der Waals surface area contributed by atoms with Crippen LogP contribution in [0.1, 0.15) is 33.3 Å². The number of hydrogen-bond donors (Lipinski definition) is 2. The Balaban J connectivity index is 2.11. The number of anilines is 1. The molecule has 0 aliphatic heterocycles. The van der Waals surface area contributed by atoms with Gasteiger partial charge in [0.05, 0.1) is 5.56 Å². The first kappa shape index (κ1) is 17.0. The smallest absolute Gasteiger partial charge is 0.265 e. The molecule has 0 fully saturated rings. The van der Waals surface area contributed by atoms with Crippen LogP contribution >= 0.6 is 11.3 Å². The number of thiophene rings is 1. The Kier molecular flexibility index (Phi) is 5.05. The van der Waals surface area contributed by atoms with Crippen molar-refractivity contribution >= 4 is 28.2 Å². The second kappa shape index (κ2) is 6.83. The van der Waals surface area contributed by atoms with Gasteiger partial charge in [0.1, 0.15) is 10.8 Å². The van der Waals surface area contributed by atoms with Gasteiger partial charge in [-0.3, -0.25) is 9.59 Å². The van der Waals surface area contributed by atoms with Gasteiger partial charge in [0.15, 0.2) is 6.10 Å². The molecule has 0 radical (unpaired) electrons. The average molecular weight is 332 g/mol. The lowest BCUT2D eigenvalue weighted by molar-refractivity contribution is -0.122. The van der Waals surface area contributed by atoms with E-state index in [1.54, 1.807) is 6.92 Å². The van der Waals surface area contributed by atoms with Gasteiger partial charge in [0, 0.05) is 4.88 Å². The van der Waals surface area contributed by atoms with Crippen molar-refractivity contribution in [3.8, 4) is 5.75 Å². The van der Waals surface area contributed by atoms with Crippen LogP contribution in [0.15, 0.2) is 24.3 Å². The zero-order chi connectivity index (χ0) is 17.1. The number of aryl methyl sites for hydroxylation is 2. The first-order valence-electron chi connectivity index (χ1n) is 7.23. The Hall–Kier alpha value is -2.34. The van der Waals surface area contributed by atoms with Gasteiger partial charge in [-0.05, 0) is 45.4 Å². The SMILES string of the molecule is Cc1ccc(O[C@@H](C)C(=O)Nc2sc(C)c(C)c2C(N)=O)cc1.